The molecule has 0 heteroatoms. The van der Waals surface area contributed by atoms with Gasteiger partial charge >= 0.3 is 0 Å². The van der Waals surface area contributed by atoms with Crippen molar-refractivity contribution in [1.82, 2.24) is 0 Å². The number of hydrogen-bond donors (Lipinski definition) is 0. The van der Waals surface area contributed by atoms with Crippen LogP contribution >= 0.6 is 0 Å². The SMILES string of the molecule is Cc1ccc([C@@]2(C)C(=C=C(c3ccccc3)c3ccccc3)[C@@H]2C)cc1. The van der Waals surface area contributed by atoms with Crippen LogP contribution in [0.3, 0.4) is 0 Å². The van der Waals surface area contributed by atoms with Crippen LogP contribution in [0.2, 0.25) is 0 Å². The third-order valence-corrected chi connectivity index (χ3v) is 5.81. The number of aryl methyl sites for hydroxylation is 1. The summed E-state index contributed by atoms with van der Waals surface area (Å²) in [5.41, 5.74) is 11.6. The number of benzene rings is 3. The van der Waals surface area contributed by atoms with Gasteiger partial charge in [0, 0.05) is 11.0 Å². The van der Waals surface area contributed by atoms with Crippen molar-refractivity contribution < 1.29 is 0 Å². The summed E-state index contributed by atoms with van der Waals surface area (Å²) in [7, 11) is 0. The van der Waals surface area contributed by atoms with Crippen molar-refractivity contribution in [3.05, 3.63) is 118 Å². The third-order valence-electron chi connectivity index (χ3n) is 5.81. The molecule has 128 valence electrons. The highest BCUT2D eigenvalue weighted by Crippen LogP contribution is 2.59. The van der Waals surface area contributed by atoms with Crippen molar-refractivity contribution in [2.24, 2.45) is 5.92 Å². The zero-order chi connectivity index (χ0) is 18.1. The lowest BCUT2D eigenvalue weighted by atomic mass is 9.93. The maximum absolute atomic E-state index is 3.81. The zero-order valence-corrected chi connectivity index (χ0v) is 15.7. The van der Waals surface area contributed by atoms with Crippen LogP contribution in [0.1, 0.15) is 36.1 Å². The van der Waals surface area contributed by atoms with E-state index < -0.39 is 0 Å². The maximum Gasteiger partial charge on any atom is 0.0309 e. The lowest BCUT2D eigenvalue weighted by molar-refractivity contribution is 0.706. The van der Waals surface area contributed by atoms with Crippen LogP contribution in [0.25, 0.3) is 5.57 Å². The molecule has 0 aliphatic heterocycles. The average molecular weight is 336 g/mol. The summed E-state index contributed by atoms with van der Waals surface area (Å²) >= 11 is 0. The maximum atomic E-state index is 3.81. The van der Waals surface area contributed by atoms with Crippen molar-refractivity contribution in [3.63, 3.8) is 0 Å². The van der Waals surface area contributed by atoms with Gasteiger partial charge in [-0.3, -0.25) is 0 Å². The van der Waals surface area contributed by atoms with Gasteiger partial charge in [-0.05, 0) is 35.1 Å². The predicted molar refractivity (Wildman–Crippen MR) is 110 cm³/mol. The van der Waals surface area contributed by atoms with E-state index in [1.54, 1.807) is 0 Å². The quantitative estimate of drug-likeness (QED) is 0.475. The highest BCUT2D eigenvalue weighted by Gasteiger charge is 2.54. The third kappa shape index (κ3) is 2.83. The molecule has 0 amide bonds. The van der Waals surface area contributed by atoms with Crippen molar-refractivity contribution in [2.75, 3.05) is 0 Å². The molecule has 3 aromatic carbocycles. The van der Waals surface area contributed by atoms with Gasteiger partial charge in [0.25, 0.3) is 0 Å². The number of rotatable bonds is 3. The Bertz CT molecular complexity index is 930. The highest BCUT2D eigenvalue weighted by atomic mass is 14.6. The highest BCUT2D eigenvalue weighted by molar-refractivity contribution is 5.80. The summed E-state index contributed by atoms with van der Waals surface area (Å²) < 4.78 is 0. The topological polar surface area (TPSA) is 0 Å². The van der Waals surface area contributed by atoms with E-state index in [9.17, 15) is 0 Å². The summed E-state index contributed by atoms with van der Waals surface area (Å²) in [6.07, 6.45) is 0. The summed E-state index contributed by atoms with van der Waals surface area (Å²) in [6.45, 7) is 6.80. The summed E-state index contributed by atoms with van der Waals surface area (Å²) in [6, 6.07) is 30.2. The first-order chi connectivity index (χ1) is 12.6. The molecule has 0 nitrogen and oxygen atoms in total. The molecule has 26 heavy (non-hydrogen) atoms. The first-order valence-corrected chi connectivity index (χ1v) is 9.30. The molecule has 0 radical (unpaired) electrons. The van der Waals surface area contributed by atoms with Crippen LogP contribution in [0, 0.1) is 12.8 Å². The molecule has 0 heterocycles. The van der Waals surface area contributed by atoms with Gasteiger partial charge in [0.2, 0.25) is 0 Å². The lowest BCUT2D eigenvalue weighted by Crippen LogP contribution is -2.03. The predicted octanol–water partition coefficient (Wildman–Crippen LogP) is 6.56. The number of hydrogen-bond acceptors (Lipinski definition) is 0. The minimum absolute atomic E-state index is 0.0858. The Morgan fingerprint density at radius 2 is 1.27 bits per heavy atom. The van der Waals surface area contributed by atoms with Crippen LogP contribution in [0.15, 0.2) is 96.2 Å². The summed E-state index contributed by atoms with van der Waals surface area (Å²) in [5, 5.41) is 0. The van der Waals surface area contributed by atoms with Gasteiger partial charge in [0.1, 0.15) is 0 Å². The molecule has 1 saturated carbocycles. The van der Waals surface area contributed by atoms with Gasteiger partial charge in [0.15, 0.2) is 0 Å². The van der Waals surface area contributed by atoms with Crippen LogP contribution < -0.4 is 0 Å². The molecule has 0 unspecified atom stereocenters. The molecule has 0 saturated heterocycles. The van der Waals surface area contributed by atoms with Crippen LogP contribution in [0.4, 0.5) is 0 Å². The van der Waals surface area contributed by atoms with Crippen LogP contribution in [0.5, 0.6) is 0 Å². The fraction of sp³-hybridized carbons (Fsp3) is 0.192. The fourth-order valence-corrected chi connectivity index (χ4v) is 3.82. The molecule has 1 fully saturated rings. The normalized spacial score (nSPS) is 21.2. The van der Waals surface area contributed by atoms with E-state index in [4.69, 9.17) is 0 Å². The van der Waals surface area contributed by atoms with Gasteiger partial charge < -0.3 is 0 Å². The van der Waals surface area contributed by atoms with Crippen LogP contribution in [-0.4, -0.2) is 0 Å². The first-order valence-electron chi connectivity index (χ1n) is 9.30. The Labute approximate surface area is 156 Å². The van der Waals surface area contributed by atoms with E-state index in [0.29, 0.717) is 5.92 Å². The van der Waals surface area contributed by atoms with Gasteiger partial charge in [0.05, 0.1) is 0 Å². The molecule has 2 atom stereocenters. The fourth-order valence-electron chi connectivity index (χ4n) is 3.82. The monoisotopic (exact) mass is 336 g/mol. The van der Waals surface area contributed by atoms with E-state index >= 15 is 0 Å². The van der Waals surface area contributed by atoms with E-state index in [1.165, 1.54) is 33.4 Å². The van der Waals surface area contributed by atoms with E-state index in [-0.39, 0.29) is 5.41 Å². The van der Waals surface area contributed by atoms with Crippen molar-refractivity contribution in [2.45, 2.75) is 26.2 Å². The smallest absolute Gasteiger partial charge is 0.0309 e. The van der Waals surface area contributed by atoms with E-state index in [0.717, 1.165) is 0 Å². The average Bonchev–Trinajstić information content (AvgIpc) is 3.22. The molecule has 0 aromatic heterocycles. The minimum Gasteiger partial charge on any atom is -0.111 e. The molecule has 0 N–H and O–H groups in total. The Hall–Kier alpha value is -2.82. The molecule has 1 aliphatic carbocycles. The number of allylic oxidation sites excluding steroid dienone is 1. The molecule has 1 aliphatic rings. The van der Waals surface area contributed by atoms with Gasteiger partial charge in [-0.1, -0.05) is 104 Å². The van der Waals surface area contributed by atoms with Gasteiger partial charge in [-0.25, -0.2) is 0 Å². The zero-order valence-electron chi connectivity index (χ0n) is 15.7. The molecular formula is C26H24. The summed E-state index contributed by atoms with van der Waals surface area (Å²) in [4.78, 5) is 0. The van der Waals surface area contributed by atoms with Gasteiger partial charge in [-0.2, -0.15) is 0 Å². The lowest BCUT2D eigenvalue weighted by Gasteiger charge is -2.10. The van der Waals surface area contributed by atoms with E-state index in [1.807, 2.05) is 0 Å². The Kier molecular flexibility index (Phi) is 4.15. The second-order valence-electron chi connectivity index (χ2n) is 7.44. The standard InChI is InChI=1S/C26H24/c1-19-14-16-23(17-15-19)26(3)20(2)25(26)18-24(21-10-6-4-7-11-21)22-12-8-5-9-13-22/h4-17,20H,1-3H3/t20-,26-/m0/s1. The second kappa shape index (κ2) is 6.48. The van der Waals surface area contributed by atoms with Crippen molar-refractivity contribution in [1.29, 1.82) is 0 Å². The molecule has 0 bridgehead atoms. The van der Waals surface area contributed by atoms with E-state index in [2.05, 4.69) is 111 Å². The second-order valence-corrected chi connectivity index (χ2v) is 7.44. The summed E-state index contributed by atoms with van der Waals surface area (Å²) in [5.74, 6) is 0.507. The van der Waals surface area contributed by atoms with Crippen molar-refractivity contribution in [3.8, 4) is 0 Å². The van der Waals surface area contributed by atoms with Gasteiger partial charge in [-0.15, -0.1) is 5.73 Å². The molecule has 4 rings (SSSR count). The Balaban J connectivity index is 1.88. The molecule has 0 spiro atoms. The molecular weight excluding hydrogens is 312 g/mol. The minimum atomic E-state index is 0.0858. The molecule has 3 aromatic rings. The van der Waals surface area contributed by atoms with Crippen molar-refractivity contribution >= 4 is 5.57 Å². The largest absolute Gasteiger partial charge is 0.111 e. The van der Waals surface area contributed by atoms with Crippen LogP contribution in [-0.2, 0) is 5.41 Å². The Morgan fingerprint density at radius 3 is 1.77 bits per heavy atom. The first kappa shape index (κ1) is 16.6. The Morgan fingerprint density at radius 1 is 0.769 bits per heavy atom.